The summed E-state index contributed by atoms with van der Waals surface area (Å²) in [6.07, 6.45) is 2.02. The Morgan fingerprint density at radius 2 is 1.66 bits per heavy atom. The molecule has 0 heterocycles. The molecule has 0 unspecified atom stereocenters. The van der Waals surface area contributed by atoms with Gasteiger partial charge in [0.05, 0.1) is 13.3 Å². The van der Waals surface area contributed by atoms with E-state index in [1.165, 1.54) is 6.21 Å². The number of benzene rings is 3. The zero-order chi connectivity index (χ0) is 24.9. The number of carbonyl (C=O) groups is 3. The highest BCUT2D eigenvalue weighted by molar-refractivity contribution is 6.35. The van der Waals surface area contributed by atoms with Gasteiger partial charge in [0.2, 0.25) is 0 Å². The summed E-state index contributed by atoms with van der Waals surface area (Å²) in [6, 6.07) is 23.4. The van der Waals surface area contributed by atoms with E-state index in [1.807, 2.05) is 30.3 Å². The monoisotopic (exact) mass is 474 g/mol. The number of carbonyl (C=O) groups excluding carboxylic acids is 3. The molecule has 0 aliphatic heterocycles. The number of rotatable bonds is 10. The van der Waals surface area contributed by atoms with Crippen LogP contribution >= 0.6 is 0 Å². The van der Waals surface area contributed by atoms with Gasteiger partial charge in [0.15, 0.2) is 6.61 Å². The molecule has 180 valence electrons. The van der Waals surface area contributed by atoms with Gasteiger partial charge in [-0.2, -0.15) is 5.10 Å². The Morgan fingerprint density at radius 1 is 0.886 bits per heavy atom. The summed E-state index contributed by atoms with van der Waals surface area (Å²) in [6.45, 7) is 0.180. The second-order valence-corrected chi connectivity index (χ2v) is 7.33. The molecule has 0 aromatic heterocycles. The van der Waals surface area contributed by atoms with Crippen LogP contribution in [0.15, 0.2) is 84.0 Å². The maximum absolute atomic E-state index is 12.1. The van der Waals surface area contributed by atoms with Gasteiger partial charge in [0, 0.05) is 18.3 Å². The second-order valence-electron chi connectivity index (χ2n) is 7.33. The first-order valence-electron chi connectivity index (χ1n) is 10.9. The van der Waals surface area contributed by atoms with Crippen molar-refractivity contribution in [2.75, 3.05) is 25.6 Å². The van der Waals surface area contributed by atoms with E-state index >= 15 is 0 Å². The Balaban J connectivity index is 1.37. The van der Waals surface area contributed by atoms with Crippen molar-refractivity contribution in [2.24, 2.45) is 5.10 Å². The van der Waals surface area contributed by atoms with Gasteiger partial charge in [-0.1, -0.05) is 36.4 Å². The fourth-order valence-corrected chi connectivity index (χ4v) is 2.96. The van der Waals surface area contributed by atoms with Crippen LogP contribution in [-0.2, 0) is 20.8 Å². The summed E-state index contributed by atoms with van der Waals surface area (Å²) >= 11 is 0. The third-order valence-corrected chi connectivity index (χ3v) is 4.73. The third-order valence-electron chi connectivity index (χ3n) is 4.73. The lowest BCUT2D eigenvalue weighted by Gasteiger charge is -2.08. The summed E-state index contributed by atoms with van der Waals surface area (Å²) in [5, 5.41) is 9.07. The van der Waals surface area contributed by atoms with Gasteiger partial charge in [-0.15, -0.1) is 0 Å². The topological polar surface area (TPSA) is 118 Å². The number of hydrogen-bond acceptors (Lipinski definition) is 6. The van der Waals surface area contributed by atoms with Crippen LogP contribution in [0, 0.1) is 0 Å². The minimum atomic E-state index is -0.851. The number of hydrogen-bond donors (Lipinski definition) is 3. The number of anilines is 1. The number of hydrazone groups is 1. The standard InChI is InChI=1S/C26H26N4O5/c1-34-23-9-5-8-21(16-23)29-24(31)18-35-22-12-10-20(11-13-22)17-28-30-26(33)25(32)27-15-14-19-6-3-2-4-7-19/h2-13,16-17H,14-15,18H2,1H3,(H,27,32)(H,29,31)(H,30,33)/b28-17-. The SMILES string of the molecule is COc1cccc(NC(=O)COc2ccc(/C=N\NC(=O)C(=O)NCCc3ccccc3)cc2)c1. The lowest BCUT2D eigenvalue weighted by Crippen LogP contribution is -2.38. The summed E-state index contributed by atoms with van der Waals surface area (Å²) in [5.41, 5.74) is 4.53. The van der Waals surface area contributed by atoms with E-state index in [0.29, 0.717) is 35.7 Å². The predicted molar refractivity (Wildman–Crippen MR) is 132 cm³/mol. The van der Waals surface area contributed by atoms with Gasteiger partial charge in [-0.05, 0) is 53.9 Å². The lowest BCUT2D eigenvalue weighted by atomic mass is 10.1. The summed E-state index contributed by atoms with van der Waals surface area (Å²) in [5.74, 6) is -0.787. The first kappa shape index (κ1) is 25.0. The molecule has 9 heteroatoms. The number of ether oxygens (including phenoxy) is 2. The lowest BCUT2D eigenvalue weighted by molar-refractivity contribution is -0.139. The van der Waals surface area contributed by atoms with Crippen LogP contribution in [0.2, 0.25) is 0 Å². The number of nitrogens with one attached hydrogen (secondary N) is 3. The molecule has 3 aromatic rings. The van der Waals surface area contributed by atoms with Gasteiger partial charge >= 0.3 is 11.8 Å². The molecular formula is C26H26N4O5. The quantitative estimate of drug-likeness (QED) is 0.237. The zero-order valence-corrected chi connectivity index (χ0v) is 19.2. The maximum Gasteiger partial charge on any atom is 0.329 e. The normalized spacial score (nSPS) is 10.4. The summed E-state index contributed by atoms with van der Waals surface area (Å²) in [7, 11) is 1.55. The van der Waals surface area contributed by atoms with Gasteiger partial charge in [0.1, 0.15) is 11.5 Å². The average Bonchev–Trinajstić information content (AvgIpc) is 2.88. The molecule has 0 atom stereocenters. The van der Waals surface area contributed by atoms with Crippen molar-refractivity contribution in [3.05, 3.63) is 90.0 Å². The molecule has 0 fully saturated rings. The molecule has 0 saturated heterocycles. The molecule has 3 N–H and O–H groups in total. The van der Waals surface area contributed by atoms with Crippen LogP contribution in [0.4, 0.5) is 5.69 Å². The number of nitrogens with zero attached hydrogens (tertiary/aromatic N) is 1. The molecule has 0 bridgehead atoms. The molecule has 9 nitrogen and oxygen atoms in total. The highest BCUT2D eigenvalue weighted by atomic mass is 16.5. The number of methoxy groups -OCH3 is 1. The Morgan fingerprint density at radius 3 is 2.40 bits per heavy atom. The molecule has 0 aliphatic carbocycles. The fourth-order valence-electron chi connectivity index (χ4n) is 2.96. The van der Waals surface area contributed by atoms with Crippen molar-refractivity contribution in [2.45, 2.75) is 6.42 Å². The molecule has 3 amide bonds. The summed E-state index contributed by atoms with van der Waals surface area (Å²) in [4.78, 5) is 35.8. The Hall–Kier alpha value is -4.66. The van der Waals surface area contributed by atoms with E-state index in [4.69, 9.17) is 9.47 Å². The van der Waals surface area contributed by atoms with Crippen LogP contribution in [0.5, 0.6) is 11.5 Å². The predicted octanol–water partition coefficient (Wildman–Crippen LogP) is 2.52. The Bertz CT molecular complexity index is 1160. The molecule has 3 aromatic carbocycles. The number of amides is 3. The highest BCUT2D eigenvalue weighted by Crippen LogP contribution is 2.17. The van der Waals surface area contributed by atoms with Crippen molar-refractivity contribution < 1.29 is 23.9 Å². The van der Waals surface area contributed by atoms with Crippen LogP contribution in [-0.4, -0.2) is 44.2 Å². The maximum atomic E-state index is 12.1. The molecule has 3 rings (SSSR count). The van der Waals surface area contributed by atoms with E-state index in [1.54, 1.807) is 55.6 Å². The molecule has 0 aliphatic rings. The van der Waals surface area contributed by atoms with Crippen LogP contribution < -0.4 is 25.5 Å². The molecular weight excluding hydrogens is 448 g/mol. The van der Waals surface area contributed by atoms with Crippen molar-refractivity contribution in [3.63, 3.8) is 0 Å². The minimum Gasteiger partial charge on any atom is -0.497 e. The largest absolute Gasteiger partial charge is 0.497 e. The average molecular weight is 475 g/mol. The van der Waals surface area contributed by atoms with Crippen molar-refractivity contribution in [1.29, 1.82) is 0 Å². The summed E-state index contributed by atoms with van der Waals surface area (Å²) < 4.78 is 10.6. The van der Waals surface area contributed by atoms with Crippen LogP contribution in [0.25, 0.3) is 0 Å². The van der Waals surface area contributed by atoms with Crippen LogP contribution in [0.3, 0.4) is 0 Å². The van der Waals surface area contributed by atoms with Crippen molar-refractivity contribution in [3.8, 4) is 11.5 Å². The van der Waals surface area contributed by atoms with E-state index in [2.05, 4.69) is 21.2 Å². The molecule has 0 saturated carbocycles. The first-order valence-corrected chi connectivity index (χ1v) is 10.9. The van der Waals surface area contributed by atoms with E-state index in [0.717, 1.165) is 5.56 Å². The molecule has 0 spiro atoms. The molecule has 0 radical (unpaired) electrons. The Kier molecular flexibility index (Phi) is 9.38. The smallest absolute Gasteiger partial charge is 0.329 e. The highest BCUT2D eigenvalue weighted by Gasteiger charge is 2.11. The third kappa shape index (κ3) is 8.65. The second kappa shape index (κ2) is 13.1. The Labute approximate surface area is 203 Å². The zero-order valence-electron chi connectivity index (χ0n) is 19.2. The molecule has 35 heavy (non-hydrogen) atoms. The van der Waals surface area contributed by atoms with Gasteiger partial charge < -0.3 is 20.1 Å². The van der Waals surface area contributed by atoms with Gasteiger partial charge in [-0.25, -0.2) is 5.43 Å². The van der Waals surface area contributed by atoms with Crippen molar-refractivity contribution >= 4 is 29.6 Å². The van der Waals surface area contributed by atoms with Crippen molar-refractivity contribution in [1.82, 2.24) is 10.7 Å². The fraction of sp³-hybridized carbons (Fsp3) is 0.154. The van der Waals surface area contributed by atoms with Crippen LogP contribution in [0.1, 0.15) is 11.1 Å². The van der Waals surface area contributed by atoms with E-state index < -0.39 is 11.8 Å². The first-order chi connectivity index (χ1) is 17.0. The van der Waals surface area contributed by atoms with Gasteiger partial charge in [0.25, 0.3) is 5.91 Å². The van der Waals surface area contributed by atoms with E-state index in [-0.39, 0.29) is 12.5 Å². The van der Waals surface area contributed by atoms with E-state index in [9.17, 15) is 14.4 Å². The van der Waals surface area contributed by atoms with Gasteiger partial charge in [-0.3, -0.25) is 14.4 Å². The minimum absolute atomic E-state index is 0.167.